The van der Waals surface area contributed by atoms with Crippen LogP contribution in [0.3, 0.4) is 0 Å². The molecule has 0 aliphatic heterocycles. The van der Waals surface area contributed by atoms with Crippen molar-refractivity contribution in [2.24, 2.45) is 7.05 Å². The molecule has 0 saturated heterocycles. The predicted octanol–water partition coefficient (Wildman–Crippen LogP) is 2.15. The van der Waals surface area contributed by atoms with Crippen molar-refractivity contribution in [3.05, 3.63) is 34.9 Å². The molecular weight excluding hydrogens is 381 g/mol. The van der Waals surface area contributed by atoms with E-state index in [2.05, 4.69) is 20.4 Å². The molecule has 2 aromatic rings. The lowest BCUT2D eigenvalue weighted by atomic mass is 10.1. The minimum atomic E-state index is -5.84. The first-order valence-electron chi connectivity index (χ1n) is 7.49. The van der Waals surface area contributed by atoms with E-state index >= 15 is 0 Å². The standard InChI is InChI=1S/C14H14F5N5O3/c1-3-27-12(25)8-4-5-10(13(15,16)14(17,18)19)20-9(8)6-26-7-11-21-23-24(2)22-11/h4-5H,3,6-7H2,1-2H3. The van der Waals surface area contributed by atoms with E-state index in [1.807, 2.05) is 0 Å². The Labute approximate surface area is 149 Å². The molecule has 0 aliphatic carbocycles. The van der Waals surface area contributed by atoms with Crippen LogP contribution in [0.1, 0.15) is 34.5 Å². The maximum atomic E-state index is 13.5. The lowest BCUT2D eigenvalue weighted by Gasteiger charge is -2.20. The van der Waals surface area contributed by atoms with Crippen LogP contribution in [-0.2, 0) is 35.7 Å². The normalized spacial score (nSPS) is 12.3. The average molecular weight is 395 g/mol. The van der Waals surface area contributed by atoms with Crippen molar-refractivity contribution in [3.63, 3.8) is 0 Å². The number of ether oxygens (including phenoxy) is 2. The number of pyridine rings is 1. The fraction of sp³-hybridized carbons (Fsp3) is 0.500. The number of halogens is 5. The molecule has 0 radical (unpaired) electrons. The zero-order valence-electron chi connectivity index (χ0n) is 14.1. The third-order valence-electron chi connectivity index (χ3n) is 3.17. The zero-order chi connectivity index (χ0) is 20.2. The molecule has 0 saturated carbocycles. The molecule has 13 heteroatoms. The Bertz CT molecular complexity index is 809. The van der Waals surface area contributed by atoms with Gasteiger partial charge in [0.2, 0.25) is 0 Å². The number of aromatic nitrogens is 5. The number of hydrogen-bond donors (Lipinski definition) is 0. The third-order valence-corrected chi connectivity index (χ3v) is 3.17. The quantitative estimate of drug-likeness (QED) is 0.524. The van der Waals surface area contributed by atoms with Crippen LogP contribution in [0.15, 0.2) is 12.1 Å². The van der Waals surface area contributed by atoms with E-state index in [0.717, 1.165) is 10.9 Å². The van der Waals surface area contributed by atoms with Crippen LogP contribution in [0.5, 0.6) is 0 Å². The van der Waals surface area contributed by atoms with E-state index in [0.29, 0.717) is 6.07 Å². The first-order valence-corrected chi connectivity index (χ1v) is 7.49. The van der Waals surface area contributed by atoms with Gasteiger partial charge in [-0.25, -0.2) is 9.78 Å². The van der Waals surface area contributed by atoms with Crippen molar-refractivity contribution in [2.45, 2.75) is 32.2 Å². The Morgan fingerprint density at radius 1 is 1.19 bits per heavy atom. The molecule has 0 spiro atoms. The second kappa shape index (κ2) is 7.90. The highest BCUT2D eigenvalue weighted by molar-refractivity contribution is 5.90. The number of carbonyl (C=O) groups excluding carboxylic acids is 1. The Morgan fingerprint density at radius 2 is 1.89 bits per heavy atom. The predicted molar refractivity (Wildman–Crippen MR) is 77.4 cm³/mol. The maximum absolute atomic E-state index is 13.5. The molecule has 0 fully saturated rings. The molecule has 148 valence electrons. The molecule has 2 aromatic heterocycles. The highest BCUT2D eigenvalue weighted by Gasteiger charge is 2.60. The second-order valence-electron chi connectivity index (χ2n) is 5.17. The van der Waals surface area contributed by atoms with Gasteiger partial charge in [0.15, 0.2) is 5.82 Å². The van der Waals surface area contributed by atoms with Gasteiger partial charge in [-0.15, -0.1) is 10.2 Å². The lowest BCUT2D eigenvalue weighted by molar-refractivity contribution is -0.291. The van der Waals surface area contributed by atoms with Crippen LogP contribution in [0.25, 0.3) is 0 Å². The Morgan fingerprint density at radius 3 is 2.44 bits per heavy atom. The summed E-state index contributed by atoms with van der Waals surface area (Å²) in [6.45, 7) is 0.711. The minimum absolute atomic E-state index is 0.0247. The number of esters is 1. The van der Waals surface area contributed by atoms with E-state index in [1.165, 1.54) is 14.0 Å². The van der Waals surface area contributed by atoms with E-state index in [1.54, 1.807) is 0 Å². The highest BCUT2D eigenvalue weighted by atomic mass is 19.4. The molecule has 0 atom stereocenters. The maximum Gasteiger partial charge on any atom is 0.459 e. The minimum Gasteiger partial charge on any atom is -0.462 e. The summed E-state index contributed by atoms with van der Waals surface area (Å²) >= 11 is 0. The van der Waals surface area contributed by atoms with Gasteiger partial charge in [0.05, 0.1) is 31.5 Å². The van der Waals surface area contributed by atoms with Gasteiger partial charge in [0.1, 0.15) is 12.3 Å². The van der Waals surface area contributed by atoms with Crippen molar-refractivity contribution in [2.75, 3.05) is 6.61 Å². The van der Waals surface area contributed by atoms with E-state index in [9.17, 15) is 26.7 Å². The third kappa shape index (κ3) is 4.72. The molecule has 2 rings (SSSR count). The Hall–Kier alpha value is -2.70. The molecule has 0 aliphatic rings. The van der Waals surface area contributed by atoms with Crippen LogP contribution in [0, 0.1) is 0 Å². The lowest BCUT2D eigenvalue weighted by Crippen LogP contribution is -2.35. The van der Waals surface area contributed by atoms with Crippen LogP contribution in [-0.4, -0.2) is 43.9 Å². The van der Waals surface area contributed by atoms with Gasteiger partial charge in [-0.1, -0.05) is 0 Å². The molecular formula is C14H14F5N5O3. The number of nitrogens with zero attached hydrogens (tertiary/aromatic N) is 5. The summed E-state index contributed by atoms with van der Waals surface area (Å²) in [6.07, 6.45) is -5.84. The number of hydrogen-bond acceptors (Lipinski definition) is 7. The van der Waals surface area contributed by atoms with Gasteiger partial charge < -0.3 is 9.47 Å². The SMILES string of the molecule is CCOC(=O)c1ccc(C(F)(F)C(F)(F)F)nc1COCc1nnn(C)n1. The summed E-state index contributed by atoms with van der Waals surface area (Å²) in [5.74, 6) is -5.98. The summed E-state index contributed by atoms with van der Waals surface area (Å²) in [6, 6.07) is 1.21. The topological polar surface area (TPSA) is 92.0 Å². The van der Waals surface area contributed by atoms with Gasteiger partial charge in [0, 0.05) is 0 Å². The fourth-order valence-electron chi connectivity index (χ4n) is 1.95. The van der Waals surface area contributed by atoms with E-state index in [-0.39, 0.29) is 24.6 Å². The number of alkyl halides is 5. The summed E-state index contributed by atoms with van der Waals surface area (Å²) in [7, 11) is 1.50. The Kier molecular flexibility index (Phi) is 6.03. The number of carbonyl (C=O) groups is 1. The van der Waals surface area contributed by atoms with E-state index in [4.69, 9.17) is 9.47 Å². The van der Waals surface area contributed by atoms with Gasteiger partial charge in [-0.05, 0) is 24.3 Å². The summed E-state index contributed by atoms with van der Waals surface area (Å²) in [5, 5.41) is 11.0. The van der Waals surface area contributed by atoms with Crippen molar-refractivity contribution < 1.29 is 36.2 Å². The summed E-state index contributed by atoms with van der Waals surface area (Å²) in [4.78, 5) is 16.3. The number of rotatable bonds is 7. The molecule has 0 bridgehead atoms. The van der Waals surface area contributed by atoms with Crippen LogP contribution in [0.4, 0.5) is 22.0 Å². The van der Waals surface area contributed by atoms with Gasteiger partial charge in [-0.2, -0.15) is 26.7 Å². The largest absolute Gasteiger partial charge is 0.462 e. The molecule has 0 N–H and O–H groups in total. The van der Waals surface area contributed by atoms with E-state index < -0.39 is 36.1 Å². The Balaban J connectivity index is 2.28. The van der Waals surface area contributed by atoms with Crippen LogP contribution >= 0.6 is 0 Å². The number of tetrazole rings is 1. The summed E-state index contributed by atoms with van der Waals surface area (Å²) < 4.78 is 74.7. The molecule has 0 unspecified atom stereocenters. The monoisotopic (exact) mass is 395 g/mol. The first-order chi connectivity index (χ1) is 12.6. The number of aryl methyl sites for hydroxylation is 1. The van der Waals surface area contributed by atoms with Gasteiger partial charge in [0.25, 0.3) is 0 Å². The first kappa shape index (κ1) is 20.6. The van der Waals surface area contributed by atoms with Crippen molar-refractivity contribution in [3.8, 4) is 0 Å². The fourth-order valence-corrected chi connectivity index (χ4v) is 1.95. The molecule has 0 aromatic carbocycles. The van der Waals surface area contributed by atoms with Gasteiger partial charge in [-0.3, -0.25) is 0 Å². The smallest absolute Gasteiger partial charge is 0.459 e. The van der Waals surface area contributed by atoms with Crippen LogP contribution in [0.2, 0.25) is 0 Å². The zero-order valence-corrected chi connectivity index (χ0v) is 14.1. The molecule has 27 heavy (non-hydrogen) atoms. The summed E-state index contributed by atoms with van der Waals surface area (Å²) in [5.41, 5.74) is -2.27. The second-order valence-corrected chi connectivity index (χ2v) is 5.17. The molecule has 2 heterocycles. The van der Waals surface area contributed by atoms with Crippen LogP contribution < -0.4 is 0 Å². The average Bonchev–Trinajstić information content (AvgIpc) is 2.99. The van der Waals surface area contributed by atoms with Gasteiger partial charge >= 0.3 is 18.1 Å². The molecule has 0 amide bonds. The molecule has 8 nitrogen and oxygen atoms in total. The highest BCUT2D eigenvalue weighted by Crippen LogP contribution is 2.43. The van der Waals surface area contributed by atoms with Crippen molar-refractivity contribution in [1.82, 2.24) is 25.2 Å². The van der Waals surface area contributed by atoms with Crippen molar-refractivity contribution in [1.29, 1.82) is 0 Å². The van der Waals surface area contributed by atoms with Crippen molar-refractivity contribution >= 4 is 5.97 Å².